The van der Waals surface area contributed by atoms with Crippen molar-refractivity contribution in [3.63, 3.8) is 0 Å². The van der Waals surface area contributed by atoms with Crippen LogP contribution >= 0.6 is 12.2 Å². The summed E-state index contributed by atoms with van der Waals surface area (Å²) in [5, 5.41) is 4.08. The normalized spacial score (nSPS) is 11.3. The number of benzene rings is 1. The number of nitrogens with zero attached hydrogens (tertiary/aromatic N) is 2. The molecule has 0 aliphatic heterocycles. The maximum absolute atomic E-state index is 12.3. The number of hydrogen-bond donors (Lipinski definition) is 2. The monoisotopic (exact) mass is 310 g/mol. The number of rotatable bonds is 4. The largest absolute Gasteiger partial charge is 0.389 e. The number of anilines is 1. The molecule has 0 unspecified atom stereocenters. The van der Waals surface area contributed by atoms with E-state index < -0.39 is 10.0 Å². The third-order valence-electron chi connectivity index (χ3n) is 2.69. The van der Waals surface area contributed by atoms with Gasteiger partial charge in [-0.25, -0.2) is 8.42 Å². The molecular weight excluding hydrogens is 296 g/mol. The summed E-state index contributed by atoms with van der Waals surface area (Å²) < 4.78 is 28.6. The highest BCUT2D eigenvalue weighted by Gasteiger charge is 2.17. The summed E-state index contributed by atoms with van der Waals surface area (Å²) in [6, 6.07) is 6.18. The van der Waals surface area contributed by atoms with Crippen LogP contribution in [0.5, 0.6) is 0 Å². The third kappa shape index (κ3) is 2.97. The Morgan fingerprint density at radius 3 is 2.70 bits per heavy atom. The highest BCUT2D eigenvalue weighted by molar-refractivity contribution is 7.92. The van der Waals surface area contributed by atoms with Gasteiger partial charge in [0.2, 0.25) is 0 Å². The second-order valence-electron chi connectivity index (χ2n) is 4.30. The van der Waals surface area contributed by atoms with Crippen molar-refractivity contribution in [2.45, 2.75) is 11.8 Å². The van der Waals surface area contributed by atoms with Gasteiger partial charge >= 0.3 is 0 Å². The quantitative estimate of drug-likeness (QED) is 0.827. The fraction of sp³-hybridized carbons (Fsp3) is 0.167. The maximum Gasteiger partial charge on any atom is 0.262 e. The van der Waals surface area contributed by atoms with E-state index in [4.69, 9.17) is 18.0 Å². The van der Waals surface area contributed by atoms with E-state index in [1.165, 1.54) is 12.1 Å². The molecule has 6 nitrogen and oxygen atoms in total. The van der Waals surface area contributed by atoms with Crippen molar-refractivity contribution >= 4 is 32.9 Å². The van der Waals surface area contributed by atoms with Crippen molar-refractivity contribution in [3.05, 3.63) is 41.7 Å². The number of aryl methyl sites for hydroxylation is 2. The fourth-order valence-corrected chi connectivity index (χ4v) is 2.99. The Kier molecular flexibility index (Phi) is 3.78. The lowest BCUT2D eigenvalue weighted by Crippen LogP contribution is -2.15. The minimum Gasteiger partial charge on any atom is -0.389 e. The van der Waals surface area contributed by atoms with Crippen molar-refractivity contribution in [2.75, 3.05) is 4.72 Å². The lowest BCUT2D eigenvalue weighted by molar-refractivity contribution is 0.601. The number of nitrogens with two attached hydrogens (primary N) is 1. The molecule has 0 atom stereocenters. The molecule has 2 aromatic rings. The van der Waals surface area contributed by atoms with Gasteiger partial charge in [0.15, 0.2) is 0 Å². The lowest BCUT2D eigenvalue weighted by Gasteiger charge is -2.08. The van der Waals surface area contributed by atoms with Crippen LogP contribution in [0.1, 0.15) is 11.3 Å². The van der Waals surface area contributed by atoms with E-state index in [1.54, 1.807) is 37.0 Å². The van der Waals surface area contributed by atoms with Crippen LogP contribution in [0, 0.1) is 6.92 Å². The highest BCUT2D eigenvalue weighted by atomic mass is 32.2. The molecule has 1 heterocycles. The van der Waals surface area contributed by atoms with Crippen LogP contribution in [0.4, 0.5) is 5.69 Å². The Morgan fingerprint density at radius 1 is 1.45 bits per heavy atom. The Morgan fingerprint density at radius 2 is 2.15 bits per heavy atom. The van der Waals surface area contributed by atoms with Crippen LogP contribution in [0.2, 0.25) is 0 Å². The van der Waals surface area contributed by atoms with E-state index in [1.807, 2.05) is 0 Å². The zero-order valence-electron chi connectivity index (χ0n) is 11.0. The summed E-state index contributed by atoms with van der Waals surface area (Å²) in [4.78, 5) is 0.255. The summed E-state index contributed by atoms with van der Waals surface area (Å²) >= 11 is 4.85. The van der Waals surface area contributed by atoms with E-state index >= 15 is 0 Å². The van der Waals surface area contributed by atoms with Gasteiger partial charge in [-0.05, 0) is 19.1 Å². The van der Waals surface area contributed by atoms with E-state index in [0.717, 1.165) is 0 Å². The first-order valence-electron chi connectivity index (χ1n) is 5.72. The van der Waals surface area contributed by atoms with Crippen molar-refractivity contribution < 1.29 is 8.42 Å². The van der Waals surface area contributed by atoms with Crippen LogP contribution in [-0.2, 0) is 17.1 Å². The molecule has 1 aromatic carbocycles. The minimum absolute atomic E-state index is 0.103. The molecule has 0 amide bonds. The molecule has 0 fully saturated rings. The summed E-state index contributed by atoms with van der Waals surface area (Å²) in [6.45, 7) is 1.73. The first kappa shape index (κ1) is 14.5. The molecule has 3 N–H and O–H groups in total. The van der Waals surface area contributed by atoms with Gasteiger partial charge < -0.3 is 5.73 Å². The smallest absolute Gasteiger partial charge is 0.262 e. The molecule has 8 heteroatoms. The highest BCUT2D eigenvalue weighted by Crippen LogP contribution is 2.19. The second kappa shape index (κ2) is 5.22. The van der Waals surface area contributed by atoms with Gasteiger partial charge in [-0.2, -0.15) is 5.10 Å². The lowest BCUT2D eigenvalue weighted by atomic mass is 10.2. The molecular formula is C12H14N4O2S2. The first-order chi connectivity index (χ1) is 9.29. The van der Waals surface area contributed by atoms with Gasteiger partial charge in [0.25, 0.3) is 10.0 Å². The third-order valence-corrected chi connectivity index (χ3v) is 4.29. The molecule has 106 valence electrons. The minimum atomic E-state index is -3.70. The van der Waals surface area contributed by atoms with Crippen molar-refractivity contribution in [3.8, 4) is 0 Å². The average Bonchev–Trinajstić information content (AvgIpc) is 2.67. The van der Waals surface area contributed by atoms with Crippen LogP contribution in [-0.4, -0.2) is 23.2 Å². The van der Waals surface area contributed by atoms with Gasteiger partial charge in [0, 0.05) is 18.8 Å². The van der Waals surface area contributed by atoms with Crippen molar-refractivity contribution in [1.82, 2.24) is 9.78 Å². The first-order valence-corrected chi connectivity index (χ1v) is 7.61. The topological polar surface area (TPSA) is 90.0 Å². The Bertz CT molecular complexity index is 766. The SMILES string of the molecule is Cc1nn(C)cc1NS(=O)(=O)c1cccc(C(N)=S)c1. The number of thiocarbonyl (C=S) groups is 1. The second-order valence-corrected chi connectivity index (χ2v) is 6.42. The Labute approximate surface area is 122 Å². The van der Waals surface area contributed by atoms with Gasteiger partial charge in [-0.15, -0.1) is 0 Å². The molecule has 0 aliphatic carbocycles. The van der Waals surface area contributed by atoms with Gasteiger partial charge in [0.1, 0.15) is 4.99 Å². The standard InChI is InChI=1S/C12H14N4O2S2/c1-8-11(7-16(2)14-8)15-20(17,18)10-5-3-4-9(6-10)12(13)19/h3-7,15H,1-2H3,(H2,13,19). The molecule has 2 rings (SSSR count). The van der Waals surface area contributed by atoms with Crippen LogP contribution < -0.4 is 10.5 Å². The molecule has 1 aromatic heterocycles. The molecule has 20 heavy (non-hydrogen) atoms. The van der Waals surface area contributed by atoms with Gasteiger partial charge in [-0.1, -0.05) is 24.4 Å². The van der Waals surface area contributed by atoms with Crippen molar-refractivity contribution in [1.29, 1.82) is 0 Å². The number of nitrogens with one attached hydrogen (secondary N) is 1. The molecule has 0 saturated heterocycles. The summed E-state index contributed by atoms with van der Waals surface area (Å²) in [6.07, 6.45) is 1.60. The average molecular weight is 310 g/mol. The van der Waals surface area contributed by atoms with Gasteiger partial charge in [0.05, 0.1) is 16.3 Å². The van der Waals surface area contributed by atoms with E-state index in [-0.39, 0.29) is 9.88 Å². The van der Waals surface area contributed by atoms with E-state index in [2.05, 4.69) is 9.82 Å². The summed E-state index contributed by atoms with van der Waals surface area (Å²) in [7, 11) is -1.98. The zero-order chi connectivity index (χ0) is 14.9. The predicted molar refractivity (Wildman–Crippen MR) is 81.1 cm³/mol. The number of aromatic nitrogens is 2. The zero-order valence-corrected chi connectivity index (χ0v) is 12.6. The van der Waals surface area contributed by atoms with E-state index in [9.17, 15) is 8.42 Å². The predicted octanol–water partition coefficient (Wildman–Crippen LogP) is 1.16. The molecule has 0 radical (unpaired) electrons. The Balaban J connectivity index is 2.38. The summed E-state index contributed by atoms with van der Waals surface area (Å²) in [5.41, 5.74) is 7.05. The maximum atomic E-state index is 12.3. The summed E-state index contributed by atoms with van der Waals surface area (Å²) in [5.74, 6) is 0. The van der Waals surface area contributed by atoms with Crippen LogP contribution in [0.15, 0.2) is 35.4 Å². The number of sulfonamides is 1. The molecule has 0 aliphatic rings. The van der Waals surface area contributed by atoms with Crippen LogP contribution in [0.25, 0.3) is 0 Å². The van der Waals surface area contributed by atoms with E-state index in [0.29, 0.717) is 16.9 Å². The molecule has 0 saturated carbocycles. The molecule has 0 spiro atoms. The fourth-order valence-electron chi connectivity index (χ4n) is 1.72. The molecule has 0 bridgehead atoms. The van der Waals surface area contributed by atoms with Crippen LogP contribution in [0.3, 0.4) is 0 Å². The van der Waals surface area contributed by atoms with Gasteiger partial charge in [-0.3, -0.25) is 9.40 Å². The Hall–Kier alpha value is -1.93. The van der Waals surface area contributed by atoms with Crippen molar-refractivity contribution in [2.24, 2.45) is 12.8 Å². The number of hydrogen-bond acceptors (Lipinski definition) is 4.